The second-order valence-corrected chi connectivity index (χ2v) is 10.7. The third-order valence-corrected chi connectivity index (χ3v) is 8.73. The van der Waals surface area contributed by atoms with Crippen molar-refractivity contribution in [2.45, 2.75) is 57.1 Å². The standard InChI is InChI=1S/C9H13NS2.C8H11NOS2/c1-6(2)9-10-7-3-4-11-5-8(7)12-9;1-5(10)8-9-6-4-11-3-2-7(6)12-8/h6H,3-5H2,1-2H3;5,10H,2-4H2,1H3. The number of aliphatic hydroxyl groups excluding tert-OH is 1. The van der Waals surface area contributed by atoms with Crippen LogP contribution in [0.4, 0.5) is 0 Å². The zero-order valence-corrected chi connectivity index (χ0v) is 17.6. The summed E-state index contributed by atoms with van der Waals surface area (Å²) in [4.78, 5) is 12.0. The largest absolute Gasteiger partial charge is 0.386 e. The molecule has 1 unspecified atom stereocenters. The highest BCUT2D eigenvalue weighted by Gasteiger charge is 2.17. The highest BCUT2D eigenvalue weighted by molar-refractivity contribution is 7.98. The van der Waals surface area contributed by atoms with Crippen molar-refractivity contribution in [3.8, 4) is 0 Å². The van der Waals surface area contributed by atoms with Crippen LogP contribution in [0.3, 0.4) is 0 Å². The van der Waals surface area contributed by atoms with Crippen LogP contribution in [0.25, 0.3) is 0 Å². The molecule has 2 aliphatic heterocycles. The van der Waals surface area contributed by atoms with E-state index in [0.717, 1.165) is 17.2 Å². The predicted octanol–water partition coefficient (Wildman–Crippen LogP) is 5.04. The van der Waals surface area contributed by atoms with Gasteiger partial charge < -0.3 is 5.11 Å². The van der Waals surface area contributed by atoms with Gasteiger partial charge >= 0.3 is 0 Å². The van der Waals surface area contributed by atoms with E-state index in [2.05, 4.69) is 23.8 Å². The van der Waals surface area contributed by atoms with E-state index in [1.807, 2.05) is 34.9 Å². The SMILES string of the molecule is CC(C)c1nc2c(s1)CSCC2.CC(O)c1nc2c(s1)CCSC2. The molecule has 7 heteroatoms. The molecule has 2 aromatic rings. The molecule has 0 amide bonds. The molecule has 0 saturated carbocycles. The van der Waals surface area contributed by atoms with E-state index in [4.69, 9.17) is 0 Å². The van der Waals surface area contributed by atoms with Gasteiger partial charge in [0.2, 0.25) is 0 Å². The normalized spacial score (nSPS) is 17.7. The molecule has 0 aromatic carbocycles. The fourth-order valence-corrected chi connectivity index (χ4v) is 6.91. The molecule has 0 fully saturated rings. The Morgan fingerprint density at radius 1 is 0.833 bits per heavy atom. The summed E-state index contributed by atoms with van der Waals surface area (Å²) in [6.07, 6.45) is 1.92. The lowest BCUT2D eigenvalue weighted by Gasteiger charge is -2.06. The highest BCUT2D eigenvalue weighted by atomic mass is 32.2. The van der Waals surface area contributed by atoms with Crippen LogP contribution in [-0.2, 0) is 24.3 Å². The molecule has 1 atom stereocenters. The van der Waals surface area contributed by atoms with E-state index in [1.54, 1.807) is 18.3 Å². The number of nitrogens with zero attached hydrogens (tertiary/aromatic N) is 2. The number of aliphatic hydroxyl groups is 1. The van der Waals surface area contributed by atoms with Crippen molar-refractivity contribution in [3.05, 3.63) is 31.2 Å². The van der Waals surface area contributed by atoms with E-state index in [1.165, 1.54) is 49.8 Å². The number of thiazole rings is 2. The summed E-state index contributed by atoms with van der Waals surface area (Å²) in [5, 5.41) is 11.5. The molecule has 24 heavy (non-hydrogen) atoms. The minimum Gasteiger partial charge on any atom is -0.386 e. The molecule has 0 saturated heterocycles. The molecule has 1 N–H and O–H groups in total. The number of hydrogen-bond acceptors (Lipinski definition) is 7. The van der Waals surface area contributed by atoms with Crippen molar-refractivity contribution in [1.82, 2.24) is 9.97 Å². The van der Waals surface area contributed by atoms with Gasteiger partial charge in [0.25, 0.3) is 0 Å². The van der Waals surface area contributed by atoms with Gasteiger partial charge in [0.1, 0.15) is 11.1 Å². The molecule has 3 nitrogen and oxygen atoms in total. The zero-order chi connectivity index (χ0) is 17.1. The van der Waals surface area contributed by atoms with E-state index >= 15 is 0 Å². The molecule has 2 aromatic heterocycles. The number of thioether (sulfide) groups is 2. The Morgan fingerprint density at radius 2 is 1.50 bits per heavy atom. The minimum absolute atomic E-state index is 0.398. The fourth-order valence-electron chi connectivity index (χ4n) is 2.52. The van der Waals surface area contributed by atoms with Gasteiger partial charge in [-0.25, -0.2) is 9.97 Å². The van der Waals surface area contributed by atoms with Crippen LogP contribution in [0.5, 0.6) is 0 Å². The lowest BCUT2D eigenvalue weighted by molar-refractivity contribution is 0.198. The Bertz CT molecular complexity index is 573. The molecule has 0 spiro atoms. The van der Waals surface area contributed by atoms with Crippen LogP contribution < -0.4 is 0 Å². The number of hydrogen-bond donors (Lipinski definition) is 1. The third kappa shape index (κ3) is 4.55. The van der Waals surface area contributed by atoms with Crippen LogP contribution in [0.15, 0.2) is 0 Å². The number of aryl methyl sites for hydroxylation is 2. The molecule has 132 valence electrons. The Morgan fingerprint density at radius 3 is 2.17 bits per heavy atom. The first kappa shape index (κ1) is 18.7. The maximum atomic E-state index is 9.31. The van der Waals surface area contributed by atoms with E-state index in [9.17, 15) is 5.11 Å². The molecule has 4 rings (SSSR count). The molecular formula is C17H24N2OS4. The van der Waals surface area contributed by atoms with Crippen LogP contribution in [0.1, 0.15) is 64.0 Å². The first-order chi connectivity index (χ1) is 11.5. The van der Waals surface area contributed by atoms with E-state index < -0.39 is 6.10 Å². The molecule has 0 radical (unpaired) electrons. The Kier molecular flexibility index (Phi) is 6.65. The van der Waals surface area contributed by atoms with Crippen LogP contribution in [-0.4, -0.2) is 26.6 Å². The minimum atomic E-state index is -0.398. The number of aromatic nitrogens is 2. The van der Waals surface area contributed by atoms with E-state index in [0.29, 0.717) is 5.92 Å². The van der Waals surface area contributed by atoms with Crippen LogP contribution in [0, 0.1) is 0 Å². The van der Waals surface area contributed by atoms with Crippen molar-refractivity contribution in [2.24, 2.45) is 0 Å². The number of fused-ring (bicyclic) bond motifs is 2. The topological polar surface area (TPSA) is 46.0 Å². The van der Waals surface area contributed by atoms with Gasteiger partial charge in [-0.1, -0.05) is 13.8 Å². The summed E-state index contributed by atoms with van der Waals surface area (Å²) in [7, 11) is 0. The smallest absolute Gasteiger partial charge is 0.122 e. The average Bonchev–Trinajstić information content (AvgIpc) is 3.19. The summed E-state index contributed by atoms with van der Waals surface area (Å²) < 4.78 is 0. The maximum absolute atomic E-state index is 9.31. The van der Waals surface area contributed by atoms with Crippen LogP contribution in [0.2, 0.25) is 0 Å². The second kappa shape index (κ2) is 8.54. The summed E-state index contributed by atoms with van der Waals surface area (Å²) in [6.45, 7) is 6.21. The van der Waals surface area contributed by atoms with Gasteiger partial charge in [0, 0.05) is 27.2 Å². The van der Waals surface area contributed by atoms with Gasteiger partial charge in [0.15, 0.2) is 0 Å². The Labute approximate surface area is 160 Å². The highest BCUT2D eigenvalue weighted by Crippen LogP contribution is 2.32. The van der Waals surface area contributed by atoms with Crippen molar-refractivity contribution < 1.29 is 5.11 Å². The summed E-state index contributed by atoms with van der Waals surface area (Å²) in [5.74, 6) is 5.28. The van der Waals surface area contributed by atoms with Gasteiger partial charge in [0.05, 0.1) is 16.4 Å². The lowest BCUT2D eigenvalue weighted by atomic mass is 10.2. The van der Waals surface area contributed by atoms with Crippen molar-refractivity contribution >= 4 is 46.2 Å². The lowest BCUT2D eigenvalue weighted by Crippen LogP contribution is -1.99. The predicted molar refractivity (Wildman–Crippen MR) is 109 cm³/mol. The first-order valence-electron chi connectivity index (χ1n) is 8.35. The Balaban J connectivity index is 0.000000141. The summed E-state index contributed by atoms with van der Waals surface area (Å²) >= 11 is 7.54. The van der Waals surface area contributed by atoms with Gasteiger partial charge in [-0.15, -0.1) is 22.7 Å². The van der Waals surface area contributed by atoms with E-state index in [-0.39, 0.29) is 0 Å². The molecule has 0 aliphatic carbocycles. The Hall–Kier alpha value is -0.0800. The molecule has 0 bridgehead atoms. The zero-order valence-electron chi connectivity index (χ0n) is 14.4. The van der Waals surface area contributed by atoms with Gasteiger partial charge in [-0.3, -0.25) is 0 Å². The van der Waals surface area contributed by atoms with Gasteiger partial charge in [-0.05, 0) is 31.3 Å². The average molecular weight is 401 g/mol. The van der Waals surface area contributed by atoms with Gasteiger partial charge in [-0.2, -0.15) is 23.5 Å². The fraction of sp³-hybridized carbons (Fsp3) is 0.647. The molecule has 2 aliphatic rings. The molecular weight excluding hydrogens is 376 g/mol. The van der Waals surface area contributed by atoms with Crippen molar-refractivity contribution in [1.29, 1.82) is 0 Å². The monoisotopic (exact) mass is 400 g/mol. The molecule has 4 heterocycles. The van der Waals surface area contributed by atoms with Crippen molar-refractivity contribution in [2.75, 3.05) is 11.5 Å². The number of rotatable bonds is 2. The quantitative estimate of drug-likeness (QED) is 0.765. The summed E-state index contributed by atoms with van der Waals surface area (Å²) in [6, 6.07) is 0. The maximum Gasteiger partial charge on any atom is 0.122 e. The third-order valence-electron chi connectivity index (χ3n) is 3.87. The van der Waals surface area contributed by atoms with Crippen LogP contribution >= 0.6 is 46.2 Å². The first-order valence-corrected chi connectivity index (χ1v) is 12.3. The second-order valence-electron chi connectivity index (χ2n) is 6.28. The summed E-state index contributed by atoms with van der Waals surface area (Å²) in [5.41, 5.74) is 2.58. The van der Waals surface area contributed by atoms with Crippen molar-refractivity contribution in [3.63, 3.8) is 0 Å².